The number of hydrogen-bond donors (Lipinski definition) is 0. The van der Waals surface area contributed by atoms with E-state index in [-0.39, 0.29) is 0 Å². The average molecular weight is 235 g/mol. The highest BCUT2D eigenvalue weighted by atomic mass is 16.5. The van der Waals surface area contributed by atoms with Crippen molar-refractivity contribution >= 4 is 5.69 Å². The number of methoxy groups -OCH3 is 1. The fourth-order valence-corrected chi connectivity index (χ4v) is 2.23. The fourth-order valence-electron chi connectivity index (χ4n) is 2.23. The Morgan fingerprint density at radius 2 is 1.71 bits per heavy atom. The summed E-state index contributed by atoms with van der Waals surface area (Å²) in [7, 11) is 1.80. The molecule has 96 valence electrons. The molecule has 0 bridgehead atoms. The maximum absolute atomic E-state index is 5.20. The molecule has 1 aromatic carbocycles. The first kappa shape index (κ1) is 14.0. The van der Waals surface area contributed by atoms with Crippen LogP contribution < -0.4 is 4.90 Å². The maximum Gasteiger partial charge on any atom is 0.0491 e. The lowest BCUT2D eigenvalue weighted by atomic mass is 9.97. The van der Waals surface area contributed by atoms with Gasteiger partial charge in [0.1, 0.15) is 0 Å². The van der Waals surface area contributed by atoms with Crippen molar-refractivity contribution in [2.45, 2.75) is 26.7 Å². The zero-order chi connectivity index (χ0) is 12.5. The molecule has 0 amide bonds. The van der Waals surface area contributed by atoms with E-state index < -0.39 is 0 Å². The van der Waals surface area contributed by atoms with Crippen molar-refractivity contribution in [2.24, 2.45) is 5.92 Å². The van der Waals surface area contributed by atoms with Gasteiger partial charge in [0.25, 0.3) is 0 Å². The highest BCUT2D eigenvalue weighted by Crippen LogP contribution is 2.22. The van der Waals surface area contributed by atoms with E-state index in [2.05, 4.69) is 35.2 Å². The van der Waals surface area contributed by atoms with Crippen molar-refractivity contribution in [2.75, 3.05) is 31.7 Å². The second kappa shape index (κ2) is 8.13. The minimum absolute atomic E-state index is 0.759. The van der Waals surface area contributed by atoms with Crippen LogP contribution in [0.25, 0.3) is 0 Å². The van der Waals surface area contributed by atoms with E-state index in [0.29, 0.717) is 0 Å². The first-order valence-electron chi connectivity index (χ1n) is 6.69. The van der Waals surface area contributed by atoms with Crippen LogP contribution in [0.2, 0.25) is 0 Å². The normalized spacial score (nSPS) is 16.3. The number of rotatable bonds is 3. The SMILES string of the molecule is CC.COCC1CCN(c2ccccc2)CC1. The first-order chi connectivity index (χ1) is 8.40. The van der Waals surface area contributed by atoms with Crippen LogP contribution in [0.15, 0.2) is 30.3 Å². The Morgan fingerprint density at radius 1 is 1.12 bits per heavy atom. The van der Waals surface area contributed by atoms with Crippen molar-refractivity contribution in [3.05, 3.63) is 30.3 Å². The third-order valence-corrected chi connectivity index (χ3v) is 3.14. The van der Waals surface area contributed by atoms with Gasteiger partial charge in [0.2, 0.25) is 0 Å². The lowest BCUT2D eigenvalue weighted by Crippen LogP contribution is -2.34. The molecule has 2 heteroatoms. The number of hydrogen-bond acceptors (Lipinski definition) is 2. The summed E-state index contributed by atoms with van der Waals surface area (Å²) in [6.45, 7) is 7.25. The van der Waals surface area contributed by atoms with Gasteiger partial charge in [-0.15, -0.1) is 0 Å². The standard InChI is InChI=1S/C13H19NO.C2H6/c1-15-11-12-7-9-14(10-8-12)13-5-3-2-4-6-13;1-2/h2-6,12H,7-11H2,1H3;1-2H3. The molecule has 0 atom stereocenters. The molecule has 0 spiro atoms. The molecule has 1 aliphatic heterocycles. The summed E-state index contributed by atoms with van der Waals surface area (Å²) in [6.07, 6.45) is 2.51. The predicted octanol–water partition coefficient (Wildman–Crippen LogP) is 3.58. The molecule has 0 aromatic heterocycles. The Labute approximate surface area is 106 Å². The molecule has 1 aromatic rings. The summed E-state index contributed by atoms with van der Waals surface area (Å²) in [5, 5.41) is 0. The van der Waals surface area contributed by atoms with Crippen LogP contribution in [-0.4, -0.2) is 26.8 Å². The average Bonchev–Trinajstić information content (AvgIpc) is 2.43. The summed E-state index contributed by atoms with van der Waals surface area (Å²) in [5.74, 6) is 0.759. The molecule has 1 heterocycles. The predicted molar refractivity (Wildman–Crippen MR) is 74.6 cm³/mol. The molecule has 1 fully saturated rings. The molecule has 0 radical (unpaired) electrons. The van der Waals surface area contributed by atoms with Gasteiger partial charge in [0, 0.05) is 32.5 Å². The van der Waals surface area contributed by atoms with Gasteiger partial charge in [-0.3, -0.25) is 0 Å². The van der Waals surface area contributed by atoms with Crippen molar-refractivity contribution in [3.8, 4) is 0 Å². The fraction of sp³-hybridized carbons (Fsp3) is 0.600. The van der Waals surface area contributed by atoms with Crippen molar-refractivity contribution < 1.29 is 4.74 Å². The van der Waals surface area contributed by atoms with Gasteiger partial charge in [0.15, 0.2) is 0 Å². The minimum Gasteiger partial charge on any atom is -0.384 e. The number of anilines is 1. The van der Waals surface area contributed by atoms with E-state index in [1.165, 1.54) is 18.5 Å². The molecule has 1 saturated heterocycles. The summed E-state index contributed by atoms with van der Waals surface area (Å²) < 4.78 is 5.20. The Kier molecular flexibility index (Phi) is 6.71. The topological polar surface area (TPSA) is 12.5 Å². The van der Waals surface area contributed by atoms with Crippen LogP contribution in [-0.2, 0) is 4.74 Å². The zero-order valence-electron chi connectivity index (χ0n) is 11.4. The van der Waals surface area contributed by atoms with Crippen LogP contribution in [0.4, 0.5) is 5.69 Å². The van der Waals surface area contributed by atoms with E-state index in [0.717, 1.165) is 25.6 Å². The van der Waals surface area contributed by atoms with Crippen LogP contribution in [0.1, 0.15) is 26.7 Å². The Hall–Kier alpha value is -1.02. The van der Waals surface area contributed by atoms with Gasteiger partial charge >= 0.3 is 0 Å². The summed E-state index contributed by atoms with van der Waals surface area (Å²) in [5.41, 5.74) is 1.35. The van der Waals surface area contributed by atoms with Crippen molar-refractivity contribution in [3.63, 3.8) is 0 Å². The maximum atomic E-state index is 5.20. The molecule has 0 aliphatic carbocycles. The van der Waals surface area contributed by atoms with E-state index >= 15 is 0 Å². The molecule has 0 saturated carbocycles. The van der Waals surface area contributed by atoms with Gasteiger partial charge in [-0.1, -0.05) is 32.0 Å². The molecule has 2 rings (SSSR count). The third kappa shape index (κ3) is 4.39. The Balaban J connectivity index is 0.000000686. The van der Waals surface area contributed by atoms with Crippen LogP contribution >= 0.6 is 0 Å². The summed E-state index contributed by atoms with van der Waals surface area (Å²) >= 11 is 0. The quantitative estimate of drug-likeness (QED) is 0.794. The first-order valence-corrected chi connectivity index (χ1v) is 6.69. The van der Waals surface area contributed by atoms with E-state index in [4.69, 9.17) is 4.74 Å². The van der Waals surface area contributed by atoms with Gasteiger partial charge in [0.05, 0.1) is 0 Å². The number of para-hydroxylation sites is 1. The molecule has 17 heavy (non-hydrogen) atoms. The lowest BCUT2D eigenvalue weighted by Gasteiger charge is -2.33. The monoisotopic (exact) mass is 235 g/mol. The zero-order valence-corrected chi connectivity index (χ0v) is 11.4. The number of ether oxygens (including phenoxy) is 1. The second-order valence-corrected chi connectivity index (χ2v) is 4.22. The summed E-state index contributed by atoms with van der Waals surface area (Å²) in [6, 6.07) is 10.7. The van der Waals surface area contributed by atoms with E-state index in [1.54, 1.807) is 7.11 Å². The highest BCUT2D eigenvalue weighted by molar-refractivity contribution is 5.46. The van der Waals surface area contributed by atoms with Crippen molar-refractivity contribution in [1.82, 2.24) is 0 Å². The Bertz CT molecular complexity index is 278. The third-order valence-electron chi connectivity index (χ3n) is 3.14. The summed E-state index contributed by atoms with van der Waals surface area (Å²) in [4.78, 5) is 2.46. The lowest BCUT2D eigenvalue weighted by molar-refractivity contribution is 0.139. The molecule has 0 unspecified atom stereocenters. The Morgan fingerprint density at radius 3 is 2.24 bits per heavy atom. The largest absolute Gasteiger partial charge is 0.384 e. The van der Waals surface area contributed by atoms with E-state index in [1.807, 2.05) is 13.8 Å². The van der Waals surface area contributed by atoms with Crippen LogP contribution in [0.3, 0.4) is 0 Å². The number of piperidine rings is 1. The van der Waals surface area contributed by atoms with Gasteiger partial charge in [-0.05, 0) is 30.9 Å². The van der Waals surface area contributed by atoms with Crippen LogP contribution in [0.5, 0.6) is 0 Å². The van der Waals surface area contributed by atoms with Crippen LogP contribution in [0, 0.1) is 5.92 Å². The number of nitrogens with zero attached hydrogens (tertiary/aromatic N) is 1. The highest BCUT2D eigenvalue weighted by Gasteiger charge is 2.18. The molecule has 2 nitrogen and oxygen atoms in total. The van der Waals surface area contributed by atoms with Crippen molar-refractivity contribution in [1.29, 1.82) is 0 Å². The smallest absolute Gasteiger partial charge is 0.0491 e. The molecule has 0 N–H and O–H groups in total. The molecular formula is C15H25NO. The minimum atomic E-state index is 0.759. The number of benzene rings is 1. The van der Waals surface area contributed by atoms with Gasteiger partial charge in [-0.2, -0.15) is 0 Å². The van der Waals surface area contributed by atoms with Gasteiger partial charge in [-0.25, -0.2) is 0 Å². The second-order valence-electron chi connectivity index (χ2n) is 4.22. The molecule has 1 aliphatic rings. The van der Waals surface area contributed by atoms with Gasteiger partial charge < -0.3 is 9.64 Å². The van der Waals surface area contributed by atoms with E-state index in [9.17, 15) is 0 Å². The molecular weight excluding hydrogens is 210 g/mol.